The zero-order valence-corrected chi connectivity index (χ0v) is 8.50. The van der Waals surface area contributed by atoms with Crippen molar-refractivity contribution in [2.75, 3.05) is 12.8 Å². The van der Waals surface area contributed by atoms with Gasteiger partial charge in [0.05, 0.1) is 12.8 Å². The Morgan fingerprint density at radius 1 is 1.38 bits per heavy atom. The lowest BCUT2D eigenvalue weighted by molar-refractivity contribution is 0.416. The van der Waals surface area contributed by atoms with E-state index in [1.807, 2.05) is 12.1 Å². The van der Waals surface area contributed by atoms with Crippen molar-refractivity contribution in [2.45, 2.75) is 20.3 Å². The van der Waals surface area contributed by atoms with Gasteiger partial charge in [-0.2, -0.15) is 0 Å². The van der Waals surface area contributed by atoms with E-state index in [4.69, 9.17) is 10.5 Å². The minimum atomic E-state index is 0.620. The summed E-state index contributed by atoms with van der Waals surface area (Å²) < 4.78 is 5.14. The van der Waals surface area contributed by atoms with Gasteiger partial charge in [-0.15, -0.1) is 0 Å². The van der Waals surface area contributed by atoms with Gasteiger partial charge in [0.2, 0.25) is 0 Å². The summed E-state index contributed by atoms with van der Waals surface area (Å²) in [4.78, 5) is 0. The smallest absolute Gasteiger partial charge is 0.142 e. The van der Waals surface area contributed by atoms with Gasteiger partial charge in [0.15, 0.2) is 0 Å². The van der Waals surface area contributed by atoms with Crippen molar-refractivity contribution in [1.82, 2.24) is 0 Å². The van der Waals surface area contributed by atoms with E-state index in [1.165, 1.54) is 5.56 Å². The molecule has 1 aromatic carbocycles. The number of ether oxygens (including phenoxy) is 1. The first-order valence-corrected chi connectivity index (χ1v) is 4.56. The van der Waals surface area contributed by atoms with Crippen LogP contribution in [0.4, 0.5) is 5.69 Å². The van der Waals surface area contributed by atoms with Crippen LogP contribution < -0.4 is 10.5 Å². The van der Waals surface area contributed by atoms with Crippen molar-refractivity contribution >= 4 is 5.69 Å². The highest BCUT2D eigenvalue weighted by atomic mass is 16.5. The maximum absolute atomic E-state index is 5.92. The number of benzene rings is 1. The van der Waals surface area contributed by atoms with E-state index < -0.39 is 0 Å². The van der Waals surface area contributed by atoms with Gasteiger partial charge in [0.1, 0.15) is 5.75 Å². The van der Waals surface area contributed by atoms with Crippen molar-refractivity contribution in [3.05, 3.63) is 23.8 Å². The molecule has 2 nitrogen and oxygen atoms in total. The standard InChI is InChI=1S/C11H17NO/c1-8(2)7-9-5-4-6-10(13-3)11(9)12/h4-6,8H,7,12H2,1-3H3. The van der Waals surface area contributed by atoms with E-state index in [2.05, 4.69) is 19.9 Å². The highest BCUT2D eigenvalue weighted by Crippen LogP contribution is 2.26. The van der Waals surface area contributed by atoms with Crippen LogP contribution in [-0.2, 0) is 6.42 Å². The predicted octanol–water partition coefficient (Wildman–Crippen LogP) is 2.48. The number of rotatable bonds is 3. The Morgan fingerprint density at radius 3 is 2.62 bits per heavy atom. The average molecular weight is 179 g/mol. The largest absolute Gasteiger partial charge is 0.495 e. The molecule has 0 amide bonds. The third kappa shape index (κ3) is 2.38. The fourth-order valence-electron chi connectivity index (χ4n) is 1.39. The molecule has 0 aliphatic rings. The summed E-state index contributed by atoms with van der Waals surface area (Å²) in [6.07, 6.45) is 1.00. The van der Waals surface area contributed by atoms with Crippen LogP contribution in [0.15, 0.2) is 18.2 Å². The average Bonchev–Trinajstić information content (AvgIpc) is 2.08. The van der Waals surface area contributed by atoms with Crippen LogP contribution in [0.2, 0.25) is 0 Å². The Balaban J connectivity index is 2.94. The summed E-state index contributed by atoms with van der Waals surface area (Å²) in [6.45, 7) is 4.36. The molecule has 0 radical (unpaired) electrons. The van der Waals surface area contributed by atoms with Gasteiger partial charge in [-0.1, -0.05) is 26.0 Å². The lowest BCUT2D eigenvalue weighted by Gasteiger charge is -2.11. The second-order valence-corrected chi connectivity index (χ2v) is 3.63. The molecule has 0 saturated heterocycles. The maximum atomic E-state index is 5.92. The van der Waals surface area contributed by atoms with Crippen molar-refractivity contribution in [1.29, 1.82) is 0 Å². The first-order chi connectivity index (χ1) is 6.15. The minimum absolute atomic E-state index is 0.620. The molecule has 0 heterocycles. The summed E-state index contributed by atoms with van der Waals surface area (Å²) >= 11 is 0. The Bertz CT molecular complexity index is 281. The van der Waals surface area contributed by atoms with E-state index >= 15 is 0 Å². The molecular formula is C11H17NO. The molecule has 0 saturated carbocycles. The molecule has 1 rings (SSSR count). The van der Waals surface area contributed by atoms with Crippen LogP contribution in [0.25, 0.3) is 0 Å². The van der Waals surface area contributed by atoms with E-state index in [1.54, 1.807) is 7.11 Å². The maximum Gasteiger partial charge on any atom is 0.142 e. The summed E-state index contributed by atoms with van der Waals surface area (Å²) in [6, 6.07) is 5.92. The molecule has 72 valence electrons. The molecule has 0 aliphatic carbocycles. The number of hydrogen-bond acceptors (Lipinski definition) is 2. The second-order valence-electron chi connectivity index (χ2n) is 3.63. The van der Waals surface area contributed by atoms with Crippen LogP contribution >= 0.6 is 0 Å². The second kappa shape index (κ2) is 4.17. The topological polar surface area (TPSA) is 35.2 Å². The summed E-state index contributed by atoms with van der Waals surface area (Å²) in [5.74, 6) is 1.40. The zero-order chi connectivity index (χ0) is 9.84. The fourth-order valence-corrected chi connectivity index (χ4v) is 1.39. The first kappa shape index (κ1) is 9.90. The predicted molar refractivity (Wildman–Crippen MR) is 55.9 cm³/mol. The van der Waals surface area contributed by atoms with E-state index in [0.29, 0.717) is 5.92 Å². The molecular weight excluding hydrogens is 162 g/mol. The van der Waals surface area contributed by atoms with E-state index in [9.17, 15) is 0 Å². The molecule has 13 heavy (non-hydrogen) atoms. The van der Waals surface area contributed by atoms with Crippen LogP contribution in [0.3, 0.4) is 0 Å². The molecule has 0 fully saturated rings. The van der Waals surface area contributed by atoms with Crippen LogP contribution in [0.1, 0.15) is 19.4 Å². The van der Waals surface area contributed by atoms with Gasteiger partial charge < -0.3 is 10.5 Å². The van der Waals surface area contributed by atoms with Crippen LogP contribution in [-0.4, -0.2) is 7.11 Å². The molecule has 1 aromatic rings. The Labute approximate surface area is 79.7 Å². The minimum Gasteiger partial charge on any atom is -0.495 e. The molecule has 0 atom stereocenters. The first-order valence-electron chi connectivity index (χ1n) is 4.56. The van der Waals surface area contributed by atoms with E-state index in [-0.39, 0.29) is 0 Å². The molecule has 0 bridgehead atoms. The highest BCUT2D eigenvalue weighted by Gasteiger charge is 2.05. The van der Waals surface area contributed by atoms with Crippen LogP contribution in [0.5, 0.6) is 5.75 Å². The highest BCUT2D eigenvalue weighted by molar-refractivity contribution is 5.58. The van der Waals surface area contributed by atoms with Gasteiger partial charge in [-0.3, -0.25) is 0 Å². The number of para-hydroxylation sites is 1. The van der Waals surface area contributed by atoms with Crippen molar-refractivity contribution in [2.24, 2.45) is 5.92 Å². The monoisotopic (exact) mass is 179 g/mol. The third-order valence-corrected chi connectivity index (χ3v) is 2.00. The summed E-state index contributed by atoms with van der Waals surface area (Å²) in [7, 11) is 1.64. The number of nitrogens with two attached hydrogens (primary N) is 1. The van der Waals surface area contributed by atoms with E-state index in [0.717, 1.165) is 17.9 Å². The van der Waals surface area contributed by atoms with Gasteiger partial charge >= 0.3 is 0 Å². The van der Waals surface area contributed by atoms with Crippen molar-refractivity contribution in [3.8, 4) is 5.75 Å². The van der Waals surface area contributed by atoms with Crippen molar-refractivity contribution in [3.63, 3.8) is 0 Å². The normalized spacial score (nSPS) is 10.5. The molecule has 0 unspecified atom stereocenters. The Hall–Kier alpha value is -1.18. The van der Waals surface area contributed by atoms with Gasteiger partial charge in [0, 0.05) is 0 Å². The number of nitrogen functional groups attached to an aromatic ring is 1. The molecule has 0 aromatic heterocycles. The third-order valence-electron chi connectivity index (χ3n) is 2.00. The molecule has 0 aliphatic heterocycles. The zero-order valence-electron chi connectivity index (χ0n) is 8.50. The number of anilines is 1. The molecule has 0 spiro atoms. The summed E-state index contributed by atoms with van der Waals surface area (Å²) in [5, 5.41) is 0. The Kier molecular flexibility index (Phi) is 3.18. The quantitative estimate of drug-likeness (QED) is 0.723. The van der Waals surface area contributed by atoms with Crippen LogP contribution in [0, 0.1) is 5.92 Å². The van der Waals surface area contributed by atoms with Gasteiger partial charge in [-0.25, -0.2) is 0 Å². The lowest BCUT2D eigenvalue weighted by atomic mass is 10.0. The fraction of sp³-hybridized carbons (Fsp3) is 0.455. The van der Waals surface area contributed by atoms with Gasteiger partial charge in [-0.05, 0) is 24.0 Å². The lowest BCUT2D eigenvalue weighted by Crippen LogP contribution is -2.01. The molecule has 2 N–H and O–H groups in total. The summed E-state index contributed by atoms with van der Waals surface area (Å²) in [5.41, 5.74) is 7.87. The number of hydrogen-bond donors (Lipinski definition) is 1. The van der Waals surface area contributed by atoms with Gasteiger partial charge in [0.25, 0.3) is 0 Å². The van der Waals surface area contributed by atoms with Crippen molar-refractivity contribution < 1.29 is 4.74 Å². The Morgan fingerprint density at radius 2 is 2.08 bits per heavy atom. The number of methoxy groups -OCH3 is 1. The molecule has 2 heteroatoms. The SMILES string of the molecule is COc1cccc(CC(C)C)c1N.